The molecule has 0 aliphatic rings. The van der Waals surface area contributed by atoms with Crippen LogP contribution in [-0.4, -0.2) is 30.0 Å². The van der Waals surface area contributed by atoms with Crippen LogP contribution in [0.15, 0.2) is 42.5 Å². The van der Waals surface area contributed by atoms with Gasteiger partial charge in [0, 0.05) is 18.3 Å². The smallest absolute Gasteiger partial charge is 0.254 e. The van der Waals surface area contributed by atoms with E-state index in [1.807, 2.05) is 43.3 Å². The van der Waals surface area contributed by atoms with E-state index in [0.29, 0.717) is 29.4 Å². The quantitative estimate of drug-likeness (QED) is 0.650. The highest BCUT2D eigenvalue weighted by Gasteiger charge is 2.19. The van der Waals surface area contributed by atoms with Crippen molar-refractivity contribution >= 4 is 40.9 Å². The van der Waals surface area contributed by atoms with Crippen molar-refractivity contribution in [3.05, 3.63) is 58.1 Å². The summed E-state index contributed by atoms with van der Waals surface area (Å²) in [6, 6.07) is 13.4. The van der Waals surface area contributed by atoms with E-state index in [1.165, 1.54) is 4.42 Å². The van der Waals surface area contributed by atoms with E-state index < -0.39 is 0 Å². The molecule has 0 saturated heterocycles. The van der Waals surface area contributed by atoms with Gasteiger partial charge in [0.05, 0.1) is 16.1 Å². The zero-order chi connectivity index (χ0) is 18.4. The first-order valence-corrected chi connectivity index (χ1v) is 9.24. The number of nitrogens with zero attached hydrogens (tertiary/aromatic N) is 1. The molecule has 1 N–H and O–H groups in total. The summed E-state index contributed by atoms with van der Waals surface area (Å²) in [4.78, 5) is 12.1. The number of benzene rings is 2. The lowest BCUT2D eigenvalue weighted by molar-refractivity contribution is -0.128. The van der Waals surface area contributed by atoms with Crippen LogP contribution in [0.1, 0.15) is 18.9 Å². The lowest BCUT2D eigenvalue weighted by Gasteiger charge is -2.20. The topological polar surface area (TPSA) is 32.3 Å². The Hall–Kier alpha value is -1.26. The van der Waals surface area contributed by atoms with Gasteiger partial charge in [0.15, 0.2) is 0 Å². The second-order valence-corrected chi connectivity index (χ2v) is 6.97. The largest absolute Gasteiger partial charge is 0.309 e. The summed E-state index contributed by atoms with van der Waals surface area (Å²) >= 11 is 18.1. The van der Waals surface area contributed by atoms with Crippen LogP contribution in [0.5, 0.6) is 0 Å². The number of carbonyl (C=O) groups excluding carboxylic acids is 1. The third-order valence-corrected chi connectivity index (χ3v) is 5.17. The molecule has 0 aliphatic carbocycles. The zero-order valence-corrected chi connectivity index (χ0v) is 16.5. The van der Waals surface area contributed by atoms with Gasteiger partial charge in [-0.25, -0.2) is 0 Å². The number of hydrogen-bond donors (Lipinski definition) is 1. The number of carbonyl (C=O) groups is 1. The van der Waals surface area contributed by atoms with Crippen molar-refractivity contribution in [2.45, 2.75) is 25.8 Å². The predicted octanol–water partition coefficient (Wildman–Crippen LogP) is 5.18. The molecule has 1 amide bonds. The average molecular weight is 400 g/mol. The molecule has 0 radical (unpaired) electrons. The highest BCUT2D eigenvalue weighted by atomic mass is 35.5. The van der Waals surface area contributed by atoms with Crippen molar-refractivity contribution in [1.82, 2.24) is 9.74 Å². The molecule has 0 aromatic heterocycles. The molecular formula is C19H21Cl3N2O. The molecule has 0 heterocycles. The lowest BCUT2D eigenvalue weighted by Crippen LogP contribution is -2.41. The number of likely N-dealkylation sites (N-methyl/N-ethyl adjacent to an activating group) is 1. The minimum absolute atomic E-state index is 0.0981. The molecule has 25 heavy (non-hydrogen) atoms. The predicted molar refractivity (Wildman–Crippen MR) is 106 cm³/mol. The molecule has 6 heteroatoms. The van der Waals surface area contributed by atoms with E-state index in [2.05, 4.69) is 5.32 Å². The van der Waals surface area contributed by atoms with Crippen molar-refractivity contribution < 1.29 is 4.79 Å². The first-order valence-electron chi connectivity index (χ1n) is 8.15. The van der Waals surface area contributed by atoms with Crippen LogP contribution in [-0.2, 0) is 11.2 Å². The molecule has 0 bridgehead atoms. The van der Waals surface area contributed by atoms with Crippen molar-refractivity contribution in [3.63, 3.8) is 0 Å². The lowest BCUT2D eigenvalue weighted by atomic mass is 10.0. The van der Waals surface area contributed by atoms with Gasteiger partial charge in [-0.05, 0) is 48.7 Å². The molecule has 134 valence electrons. The van der Waals surface area contributed by atoms with E-state index in [0.717, 1.165) is 16.7 Å². The Labute approximate surface area is 164 Å². The van der Waals surface area contributed by atoms with Gasteiger partial charge in [0.2, 0.25) is 0 Å². The summed E-state index contributed by atoms with van der Waals surface area (Å²) in [5.74, 6) is -0.0981. The molecule has 0 fully saturated rings. The Morgan fingerprint density at radius 2 is 1.72 bits per heavy atom. The summed E-state index contributed by atoms with van der Waals surface area (Å²) in [6.45, 7) is 2.41. The second kappa shape index (κ2) is 9.44. The minimum atomic E-state index is -0.241. The standard InChI is InChI=1S/C19H21Cl3N2O/c1-3-18(23-2)19(25)24(22)11-10-13-4-6-14(7-5-13)15-8-9-16(20)17(21)12-15/h4-9,12,18,23H,3,10-11H2,1-2H3/t18-/m0/s1. The summed E-state index contributed by atoms with van der Waals surface area (Å²) in [5.41, 5.74) is 3.18. The third-order valence-electron chi connectivity index (χ3n) is 4.10. The van der Waals surface area contributed by atoms with Gasteiger partial charge in [-0.3, -0.25) is 9.21 Å². The fourth-order valence-corrected chi connectivity index (χ4v) is 3.05. The summed E-state index contributed by atoms with van der Waals surface area (Å²) in [6.07, 6.45) is 1.40. The summed E-state index contributed by atoms with van der Waals surface area (Å²) < 4.78 is 1.26. The molecule has 3 nitrogen and oxygen atoms in total. The molecule has 0 spiro atoms. The fourth-order valence-electron chi connectivity index (χ4n) is 2.55. The van der Waals surface area contributed by atoms with E-state index in [4.69, 9.17) is 35.0 Å². The Morgan fingerprint density at radius 3 is 2.28 bits per heavy atom. The molecule has 2 aromatic carbocycles. The Morgan fingerprint density at radius 1 is 1.08 bits per heavy atom. The maximum Gasteiger partial charge on any atom is 0.254 e. The molecule has 0 saturated carbocycles. The minimum Gasteiger partial charge on any atom is -0.309 e. The van der Waals surface area contributed by atoms with Crippen LogP contribution in [0.3, 0.4) is 0 Å². The van der Waals surface area contributed by atoms with Gasteiger partial charge in [-0.15, -0.1) is 0 Å². The first-order chi connectivity index (χ1) is 12.0. The Bertz CT molecular complexity index is 715. The van der Waals surface area contributed by atoms with Crippen molar-refractivity contribution in [3.8, 4) is 11.1 Å². The van der Waals surface area contributed by atoms with Crippen LogP contribution < -0.4 is 5.32 Å². The number of hydrogen-bond acceptors (Lipinski definition) is 2. The maximum absolute atomic E-state index is 12.1. The second-order valence-electron chi connectivity index (χ2n) is 5.75. The van der Waals surface area contributed by atoms with E-state index in [1.54, 1.807) is 13.1 Å². The highest BCUT2D eigenvalue weighted by Crippen LogP contribution is 2.28. The SMILES string of the molecule is CC[C@H](NC)C(=O)N(Cl)CCc1ccc(-c2ccc(Cl)c(Cl)c2)cc1. The van der Waals surface area contributed by atoms with Crippen molar-refractivity contribution in [2.75, 3.05) is 13.6 Å². The van der Waals surface area contributed by atoms with Gasteiger partial charge in [-0.1, -0.05) is 60.5 Å². The van der Waals surface area contributed by atoms with Crippen LogP contribution in [0.2, 0.25) is 10.0 Å². The van der Waals surface area contributed by atoms with Crippen LogP contribution in [0.25, 0.3) is 11.1 Å². The molecular weight excluding hydrogens is 379 g/mol. The number of halogens is 3. The molecule has 2 rings (SSSR count). The molecule has 2 aromatic rings. The average Bonchev–Trinajstić information content (AvgIpc) is 2.63. The Balaban J connectivity index is 1.98. The highest BCUT2D eigenvalue weighted by molar-refractivity contribution is 6.42. The number of amides is 1. The van der Waals surface area contributed by atoms with E-state index in [9.17, 15) is 4.79 Å². The molecule has 1 atom stereocenters. The van der Waals surface area contributed by atoms with E-state index >= 15 is 0 Å². The third kappa shape index (κ3) is 5.35. The number of nitrogens with one attached hydrogen (secondary N) is 1. The van der Waals surface area contributed by atoms with Gasteiger partial charge < -0.3 is 5.32 Å². The van der Waals surface area contributed by atoms with Crippen LogP contribution in [0.4, 0.5) is 0 Å². The van der Waals surface area contributed by atoms with Gasteiger partial charge in [0.1, 0.15) is 0 Å². The van der Waals surface area contributed by atoms with Gasteiger partial charge >= 0.3 is 0 Å². The zero-order valence-electron chi connectivity index (χ0n) is 14.2. The van der Waals surface area contributed by atoms with Crippen LogP contribution >= 0.6 is 35.0 Å². The van der Waals surface area contributed by atoms with Gasteiger partial charge in [0.25, 0.3) is 5.91 Å². The first kappa shape index (κ1) is 20.1. The van der Waals surface area contributed by atoms with Crippen molar-refractivity contribution in [2.24, 2.45) is 0 Å². The normalized spacial score (nSPS) is 12.0. The summed E-state index contributed by atoms with van der Waals surface area (Å²) in [7, 11) is 1.76. The monoisotopic (exact) mass is 398 g/mol. The van der Waals surface area contributed by atoms with E-state index in [-0.39, 0.29) is 11.9 Å². The fraction of sp³-hybridized carbons (Fsp3) is 0.316. The summed E-state index contributed by atoms with van der Waals surface area (Å²) in [5, 5.41) is 4.05. The molecule has 0 unspecified atom stereocenters. The maximum atomic E-state index is 12.1. The number of rotatable bonds is 7. The Kier molecular flexibility index (Phi) is 7.57. The van der Waals surface area contributed by atoms with Crippen LogP contribution in [0, 0.1) is 0 Å². The van der Waals surface area contributed by atoms with Crippen molar-refractivity contribution in [1.29, 1.82) is 0 Å². The molecule has 0 aliphatic heterocycles. The van der Waals surface area contributed by atoms with Gasteiger partial charge in [-0.2, -0.15) is 0 Å².